The number of carbonyl (C=O) groups excluding carboxylic acids is 2. The lowest BCUT2D eigenvalue weighted by Gasteiger charge is -2.36. The van der Waals surface area contributed by atoms with E-state index in [1.807, 2.05) is 18.2 Å². The van der Waals surface area contributed by atoms with Gasteiger partial charge in [-0.25, -0.2) is 4.79 Å². The molecule has 1 aromatic carbocycles. The molecule has 1 aromatic rings. The van der Waals surface area contributed by atoms with Crippen molar-refractivity contribution in [3.63, 3.8) is 0 Å². The zero-order chi connectivity index (χ0) is 24.5. The predicted molar refractivity (Wildman–Crippen MR) is 134 cm³/mol. The summed E-state index contributed by atoms with van der Waals surface area (Å²) in [4.78, 5) is 24.8. The fourth-order valence-electron chi connectivity index (χ4n) is 3.70. The fourth-order valence-corrected chi connectivity index (χ4v) is 4.79. The number of rotatable bonds is 11. The minimum atomic E-state index is -1.75. The van der Waals surface area contributed by atoms with Crippen LogP contribution in [0.2, 0.25) is 18.1 Å². The van der Waals surface area contributed by atoms with Gasteiger partial charge in [0.05, 0.1) is 0 Å². The molecule has 0 saturated carbocycles. The Morgan fingerprint density at radius 3 is 2.30 bits per heavy atom. The van der Waals surface area contributed by atoms with Gasteiger partial charge in [-0.1, -0.05) is 57.2 Å². The van der Waals surface area contributed by atoms with Gasteiger partial charge in [0.15, 0.2) is 8.32 Å². The lowest BCUT2D eigenvalue weighted by atomic mass is 9.92. The van der Waals surface area contributed by atoms with E-state index in [4.69, 9.17) is 13.9 Å². The van der Waals surface area contributed by atoms with Gasteiger partial charge < -0.3 is 13.9 Å². The molecule has 6 heteroatoms. The third-order valence-corrected chi connectivity index (χ3v) is 11.3. The smallest absolute Gasteiger partial charge is 0.352 e. The highest BCUT2D eigenvalue weighted by Crippen LogP contribution is 2.36. The number of allylic oxidation sites excluding steroid dienone is 1. The minimum Gasteiger partial charge on any atom is -0.455 e. The van der Waals surface area contributed by atoms with Crippen molar-refractivity contribution in [3.05, 3.63) is 47.5 Å². The second-order valence-electron chi connectivity index (χ2n) is 10.5. The Kier molecular flexibility index (Phi) is 10.4. The first-order chi connectivity index (χ1) is 15.5. The first kappa shape index (κ1) is 27.3. The van der Waals surface area contributed by atoms with Crippen LogP contribution in [0.15, 0.2) is 42.0 Å². The van der Waals surface area contributed by atoms with Gasteiger partial charge in [-0.15, -0.1) is 0 Å². The number of benzene rings is 1. The number of ether oxygens (including phenoxy) is 2. The molecule has 0 heterocycles. The summed E-state index contributed by atoms with van der Waals surface area (Å²) in [6.07, 6.45) is 7.73. The third kappa shape index (κ3) is 8.74. The summed E-state index contributed by atoms with van der Waals surface area (Å²) in [7, 11) is -1.75. The summed E-state index contributed by atoms with van der Waals surface area (Å²) in [6, 6.07) is 9.07. The minimum absolute atomic E-state index is 0.196. The van der Waals surface area contributed by atoms with Crippen molar-refractivity contribution in [1.29, 1.82) is 0 Å². The molecule has 0 aliphatic heterocycles. The molecule has 1 aliphatic rings. The van der Waals surface area contributed by atoms with Crippen molar-refractivity contribution in [2.45, 2.75) is 103 Å². The molecular weight excluding hydrogens is 432 g/mol. The molecule has 0 N–H and O–H groups in total. The van der Waals surface area contributed by atoms with E-state index in [0.29, 0.717) is 5.56 Å². The second-order valence-corrected chi connectivity index (χ2v) is 15.3. The number of unbranched alkanes of at least 4 members (excludes halogenated alkanes) is 1. The summed E-state index contributed by atoms with van der Waals surface area (Å²) < 4.78 is 17.6. The van der Waals surface area contributed by atoms with Crippen LogP contribution in [0.1, 0.15) is 84.3 Å². The van der Waals surface area contributed by atoms with E-state index in [9.17, 15) is 9.59 Å². The average molecular weight is 475 g/mol. The maximum atomic E-state index is 13.1. The van der Waals surface area contributed by atoms with Crippen molar-refractivity contribution in [2.75, 3.05) is 6.61 Å². The summed E-state index contributed by atoms with van der Waals surface area (Å²) in [5, 5.41) is 0.196. The molecule has 2 atom stereocenters. The Hall–Kier alpha value is -1.92. The van der Waals surface area contributed by atoms with E-state index in [-0.39, 0.29) is 11.1 Å². The van der Waals surface area contributed by atoms with Crippen LogP contribution >= 0.6 is 0 Å². The maximum Gasteiger partial charge on any atom is 0.352 e. The molecule has 0 amide bonds. The van der Waals surface area contributed by atoms with Gasteiger partial charge in [-0.05, 0) is 68.7 Å². The fraction of sp³-hybridized carbons (Fsp3) is 0.630. The zero-order valence-corrected chi connectivity index (χ0v) is 22.3. The van der Waals surface area contributed by atoms with Crippen LogP contribution in [0.4, 0.5) is 0 Å². The molecule has 33 heavy (non-hydrogen) atoms. The molecule has 0 fully saturated rings. The molecule has 5 nitrogen and oxygen atoms in total. The number of esters is 2. The first-order valence-electron chi connectivity index (χ1n) is 12.3. The second kappa shape index (κ2) is 12.5. The van der Waals surface area contributed by atoms with E-state index in [2.05, 4.69) is 39.9 Å². The van der Waals surface area contributed by atoms with Crippen LogP contribution < -0.4 is 0 Å². The van der Waals surface area contributed by atoms with E-state index < -0.39 is 26.4 Å². The number of carbonyl (C=O) groups is 2. The summed E-state index contributed by atoms with van der Waals surface area (Å²) in [6.45, 7) is 13.3. The van der Waals surface area contributed by atoms with Gasteiger partial charge in [-0.2, -0.15) is 0 Å². The molecule has 0 unspecified atom stereocenters. The number of hydrogen-bond donors (Lipinski definition) is 0. The van der Waals surface area contributed by atoms with Crippen molar-refractivity contribution < 1.29 is 23.5 Å². The van der Waals surface area contributed by atoms with Crippen molar-refractivity contribution in [3.8, 4) is 0 Å². The Morgan fingerprint density at radius 1 is 1.03 bits per heavy atom. The molecule has 184 valence electrons. The molecule has 2 rings (SSSR count). The van der Waals surface area contributed by atoms with Crippen LogP contribution in [-0.4, -0.2) is 33.0 Å². The summed E-state index contributed by atoms with van der Waals surface area (Å²) in [5.74, 6) is -1.01. The third-order valence-electron chi connectivity index (χ3n) is 6.73. The van der Waals surface area contributed by atoms with Crippen molar-refractivity contribution >= 4 is 20.3 Å². The monoisotopic (exact) mass is 474 g/mol. The Morgan fingerprint density at radius 2 is 1.73 bits per heavy atom. The SMILES string of the molecule is CC(=O)O[C@H](C(=O)O[C@@H](CCCCO[Si](C)(C)C(C)(C)C)C1=CCCCC1)c1ccccc1. The lowest BCUT2D eigenvalue weighted by molar-refractivity contribution is -0.170. The van der Waals surface area contributed by atoms with Gasteiger partial charge in [-0.3, -0.25) is 4.79 Å². The maximum absolute atomic E-state index is 13.1. The van der Waals surface area contributed by atoms with Crippen LogP contribution in [0.5, 0.6) is 0 Å². The molecule has 1 aliphatic carbocycles. The molecule has 0 bridgehead atoms. The van der Waals surface area contributed by atoms with Crippen LogP contribution in [-0.2, 0) is 23.5 Å². The van der Waals surface area contributed by atoms with Gasteiger partial charge in [0.2, 0.25) is 6.10 Å². The largest absolute Gasteiger partial charge is 0.455 e. The molecule has 0 spiro atoms. The highest BCUT2D eigenvalue weighted by molar-refractivity contribution is 6.74. The average Bonchev–Trinajstić information content (AvgIpc) is 2.76. The van der Waals surface area contributed by atoms with E-state index in [1.165, 1.54) is 18.9 Å². The lowest BCUT2D eigenvalue weighted by Crippen LogP contribution is -2.41. The first-order valence-corrected chi connectivity index (χ1v) is 15.2. The van der Waals surface area contributed by atoms with Crippen molar-refractivity contribution in [2.24, 2.45) is 0 Å². The zero-order valence-electron chi connectivity index (χ0n) is 21.3. The Bertz CT molecular complexity index is 794. The van der Waals surface area contributed by atoms with E-state index in [1.54, 1.807) is 12.1 Å². The van der Waals surface area contributed by atoms with Gasteiger partial charge >= 0.3 is 11.9 Å². The molecule has 0 saturated heterocycles. The highest BCUT2D eigenvalue weighted by atomic mass is 28.4. The Labute approximate surface area is 201 Å². The molecular formula is C27H42O5Si. The van der Waals surface area contributed by atoms with E-state index in [0.717, 1.165) is 45.1 Å². The van der Waals surface area contributed by atoms with Crippen molar-refractivity contribution in [1.82, 2.24) is 0 Å². The Balaban J connectivity index is 2.02. The van der Waals surface area contributed by atoms with Gasteiger partial charge in [0.1, 0.15) is 6.10 Å². The highest BCUT2D eigenvalue weighted by Gasteiger charge is 2.37. The van der Waals surface area contributed by atoms with Crippen LogP contribution in [0, 0.1) is 0 Å². The molecule has 0 aromatic heterocycles. The quantitative estimate of drug-likeness (QED) is 0.151. The summed E-state index contributed by atoms with van der Waals surface area (Å²) >= 11 is 0. The normalized spacial score (nSPS) is 16.5. The molecule has 0 radical (unpaired) electrons. The van der Waals surface area contributed by atoms with Gasteiger partial charge in [0, 0.05) is 19.1 Å². The van der Waals surface area contributed by atoms with Crippen LogP contribution in [0.3, 0.4) is 0 Å². The van der Waals surface area contributed by atoms with Gasteiger partial charge in [0.25, 0.3) is 0 Å². The van der Waals surface area contributed by atoms with Crippen LogP contribution in [0.25, 0.3) is 0 Å². The topological polar surface area (TPSA) is 61.8 Å². The van der Waals surface area contributed by atoms with E-state index >= 15 is 0 Å². The number of hydrogen-bond acceptors (Lipinski definition) is 5. The summed E-state index contributed by atoms with van der Waals surface area (Å²) in [5.41, 5.74) is 1.81. The predicted octanol–water partition coefficient (Wildman–Crippen LogP) is 6.90. The standard InChI is InChI=1S/C27H42O5Si/c1-21(28)31-25(23-17-11-8-12-18-23)26(29)32-24(22-15-9-7-10-16-22)19-13-14-20-30-33(5,6)27(2,3)4/h8,11-12,15,17-18,24-25H,7,9-10,13-14,16,19-20H2,1-6H3/t24-,25-/m0/s1.